The predicted molar refractivity (Wildman–Crippen MR) is 54.4 cm³/mol. The molecule has 5 heteroatoms. The molecule has 76 valence electrons. The Kier molecular flexibility index (Phi) is 1.93. The third kappa shape index (κ3) is 1.25. The van der Waals surface area contributed by atoms with Gasteiger partial charge in [-0.05, 0) is 29.4 Å². The first-order valence-corrected chi connectivity index (χ1v) is 4.15. The standard InChI is InChI=1S/C10H7NO4/c12-6-3-4-8(14)10-7(13)2-1-5(11-15)9(6)10/h1-4,12-14H. The summed E-state index contributed by atoms with van der Waals surface area (Å²) >= 11 is 0. The molecule has 0 unspecified atom stereocenters. The summed E-state index contributed by atoms with van der Waals surface area (Å²) < 4.78 is 0. The molecule has 5 nitrogen and oxygen atoms in total. The molecule has 0 amide bonds. The first-order chi connectivity index (χ1) is 7.15. The number of phenols is 3. The van der Waals surface area contributed by atoms with Crippen molar-refractivity contribution in [2.24, 2.45) is 5.18 Å². The number of benzene rings is 2. The number of hydrogen-bond donors (Lipinski definition) is 3. The van der Waals surface area contributed by atoms with E-state index < -0.39 is 0 Å². The minimum absolute atomic E-state index is 0.0205. The van der Waals surface area contributed by atoms with E-state index in [1.165, 1.54) is 24.3 Å². The molecule has 2 rings (SSSR count). The summed E-state index contributed by atoms with van der Waals surface area (Å²) in [5, 5.41) is 31.3. The van der Waals surface area contributed by atoms with Crippen LogP contribution in [0.1, 0.15) is 0 Å². The Morgan fingerprint density at radius 1 is 0.800 bits per heavy atom. The van der Waals surface area contributed by atoms with E-state index in [0.717, 1.165) is 0 Å². The summed E-state index contributed by atoms with van der Waals surface area (Å²) in [6, 6.07) is 4.96. The van der Waals surface area contributed by atoms with Crippen LogP contribution in [0.25, 0.3) is 10.8 Å². The van der Waals surface area contributed by atoms with Crippen molar-refractivity contribution < 1.29 is 15.3 Å². The molecule has 0 heterocycles. The van der Waals surface area contributed by atoms with Gasteiger partial charge in [-0.1, -0.05) is 0 Å². The second kappa shape index (κ2) is 3.13. The van der Waals surface area contributed by atoms with E-state index in [1.807, 2.05) is 0 Å². The highest BCUT2D eigenvalue weighted by molar-refractivity contribution is 6.04. The van der Waals surface area contributed by atoms with E-state index in [9.17, 15) is 20.2 Å². The van der Waals surface area contributed by atoms with Gasteiger partial charge in [0.25, 0.3) is 0 Å². The van der Waals surface area contributed by atoms with Gasteiger partial charge in [0.05, 0.1) is 10.8 Å². The fourth-order valence-corrected chi connectivity index (χ4v) is 1.50. The Labute approximate surface area is 84.2 Å². The molecule has 2 aromatic rings. The molecule has 15 heavy (non-hydrogen) atoms. The van der Waals surface area contributed by atoms with Crippen LogP contribution >= 0.6 is 0 Å². The maximum absolute atomic E-state index is 10.5. The average Bonchev–Trinajstić information content (AvgIpc) is 2.23. The Morgan fingerprint density at radius 3 is 1.80 bits per heavy atom. The van der Waals surface area contributed by atoms with Gasteiger partial charge in [-0.15, -0.1) is 4.91 Å². The van der Waals surface area contributed by atoms with Crippen LogP contribution in [0.3, 0.4) is 0 Å². The molecule has 0 spiro atoms. The van der Waals surface area contributed by atoms with Crippen LogP contribution in [0.2, 0.25) is 0 Å². The van der Waals surface area contributed by atoms with Gasteiger partial charge in [0.1, 0.15) is 22.9 Å². The van der Waals surface area contributed by atoms with Crippen LogP contribution in [0.15, 0.2) is 29.4 Å². The summed E-state index contributed by atoms with van der Waals surface area (Å²) in [5.74, 6) is -0.648. The maximum atomic E-state index is 10.5. The lowest BCUT2D eigenvalue weighted by Crippen LogP contribution is -1.78. The lowest BCUT2D eigenvalue weighted by molar-refractivity contribution is 0.457. The maximum Gasteiger partial charge on any atom is 0.127 e. The second-order valence-electron chi connectivity index (χ2n) is 3.05. The lowest BCUT2D eigenvalue weighted by Gasteiger charge is -2.06. The van der Waals surface area contributed by atoms with E-state index >= 15 is 0 Å². The SMILES string of the molecule is O=Nc1ccc(O)c2c(O)ccc(O)c12. The van der Waals surface area contributed by atoms with Crippen LogP contribution in [-0.2, 0) is 0 Å². The van der Waals surface area contributed by atoms with Crippen LogP contribution in [-0.4, -0.2) is 15.3 Å². The van der Waals surface area contributed by atoms with Gasteiger partial charge >= 0.3 is 0 Å². The van der Waals surface area contributed by atoms with E-state index in [-0.39, 0.29) is 33.7 Å². The fourth-order valence-electron chi connectivity index (χ4n) is 1.50. The summed E-state index contributed by atoms with van der Waals surface area (Å²) in [7, 11) is 0. The van der Waals surface area contributed by atoms with E-state index in [4.69, 9.17) is 0 Å². The van der Waals surface area contributed by atoms with Crippen LogP contribution in [0.5, 0.6) is 17.2 Å². The van der Waals surface area contributed by atoms with Crippen molar-refractivity contribution in [3.63, 3.8) is 0 Å². The number of hydrogen-bond acceptors (Lipinski definition) is 5. The predicted octanol–water partition coefficient (Wildman–Crippen LogP) is 2.35. The molecule has 2 aromatic carbocycles. The topological polar surface area (TPSA) is 90.1 Å². The zero-order valence-corrected chi connectivity index (χ0v) is 7.51. The van der Waals surface area contributed by atoms with Crippen molar-refractivity contribution >= 4 is 16.5 Å². The first-order valence-electron chi connectivity index (χ1n) is 4.15. The first kappa shape index (κ1) is 9.26. The monoisotopic (exact) mass is 205 g/mol. The molecule has 0 aliphatic heterocycles. The number of fused-ring (bicyclic) bond motifs is 1. The Bertz CT molecular complexity index is 542. The van der Waals surface area contributed by atoms with Crippen molar-refractivity contribution in [1.29, 1.82) is 0 Å². The van der Waals surface area contributed by atoms with E-state index in [1.54, 1.807) is 0 Å². The highest BCUT2D eigenvalue weighted by Crippen LogP contribution is 2.42. The molecule has 0 aliphatic carbocycles. The second-order valence-corrected chi connectivity index (χ2v) is 3.05. The molecule has 0 aromatic heterocycles. The quantitative estimate of drug-likeness (QED) is 0.492. The summed E-state index contributed by atoms with van der Waals surface area (Å²) in [4.78, 5) is 10.5. The van der Waals surface area contributed by atoms with Crippen molar-refractivity contribution in [3.8, 4) is 17.2 Å². The van der Waals surface area contributed by atoms with Crippen molar-refractivity contribution in [2.45, 2.75) is 0 Å². The summed E-state index contributed by atoms with van der Waals surface area (Å²) in [5.41, 5.74) is -0.0313. The summed E-state index contributed by atoms with van der Waals surface area (Å²) in [6.45, 7) is 0. The number of nitroso groups, excluding NO2 is 1. The van der Waals surface area contributed by atoms with Gasteiger partial charge in [-0.2, -0.15) is 0 Å². The van der Waals surface area contributed by atoms with E-state index in [0.29, 0.717) is 0 Å². The van der Waals surface area contributed by atoms with Crippen LogP contribution in [0, 0.1) is 4.91 Å². The number of phenolic OH excluding ortho intramolecular Hbond substituents is 3. The third-order valence-corrected chi connectivity index (χ3v) is 2.17. The molecule has 0 saturated heterocycles. The zero-order chi connectivity index (χ0) is 11.0. The number of rotatable bonds is 1. The van der Waals surface area contributed by atoms with Crippen LogP contribution < -0.4 is 0 Å². The Morgan fingerprint density at radius 2 is 1.27 bits per heavy atom. The van der Waals surface area contributed by atoms with E-state index in [2.05, 4.69) is 5.18 Å². The normalized spacial score (nSPS) is 10.4. The van der Waals surface area contributed by atoms with Crippen molar-refractivity contribution in [3.05, 3.63) is 29.2 Å². The largest absolute Gasteiger partial charge is 0.507 e. The Hall–Kier alpha value is -2.30. The molecule has 0 aliphatic rings. The minimum atomic E-state index is -0.217. The van der Waals surface area contributed by atoms with Gasteiger partial charge in [0.2, 0.25) is 0 Å². The van der Waals surface area contributed by atoms with Gasteiger partial charge in [0, 0.05) is 0 Å². The van der Waals surface area contributed by atoms with Crippen molar-refractivity contribution in [1.82, 2.24) is 0 Å². The minimum Gasteiger partial charge on any atom is -0.507 e. The Balaban J connectivity index is 3.05. The van der Waals surface area contributed by atoms with Gasteiger partial charge in [-0.25, -0.2) is 0 Å². The van der Waals surface area contributed by atoms with Crippen molar-refractivity contribution in [2.75, 3.05) is 0 Å². The highest BCUT2D eigenvalue weighted by Gasteiger charge is 2.13. The molecule has 0 radical (unpaired) electrons. The van der Waals surface area contributed by atoms with Gasteiger partial charge < -0.3 is 15.3 Å². The smallest absolute Gasteiger partial charge is 0.127 e. The fraction of sp³-hybridized carbons (Fsp3) is 0. The number of aromatic hydroxyl groups is 3. The molecule has 0 atom stereocenters. The van der Waals surface area contributed by atoms with Gasteiger partial charge in [0.15, 0.2) is 0 Å². The molecule has 0 saturated carbocycles. The molecular formula is C10H7NO4. The van der Waals surface area contributed by atoms with Crippen LogP contribution in [0.4, 0.5) is 5.69 Å². The van der Waals surface area contributed by atoms with Gasteiger partial charge in [-0.3, -0.25) is 0 Å². The molecule has 3 N–H and O–H groups in total. The number of nitrogens with zero attached hydrogens (tertiary/aromatic N) is 1. The molecular weight excluding hydrogens is 198 g/mol. The lowest BCUT2D eigenvalue weighted by atomic mass is 10.1. The average molecular weight is 205 g/mol. The summed E-state index contributed by atoms with van der Waals surface area (Å²) in [6.07, 6.45) is 0. The highest BCUT2D eigenvalue weighted by atomic mass is 16.3. The zero-order valence-electron chi connectivity index (χ0n) is 7.51. The third-order valence-electron chi connectivity index (χ3n) is 2.17. The molecule has 0 bridgehead atoms. The molecule has 0 fully saturated rings.